The fraction of sp³-hybridized carbons (Fsp3) is 0.750. The van der Waals surface area contributed by atoms with E-state index in [0.29, 0.717) is 0 Å². The zero-order chi connectivity index (χ0) is 17.1. The van der Waals surface area contributed by atoms with Crippen LogP contribution in [-0.4, -0.2) is 40.0 Å². The molecule has 0 rings (SSSR count). The van der Waals surface area contributed by atoms with Gasteiger partial charge in [-0.2, -0.15) is 0 Å². The predicted octanol–water partition coefficient (Wildman–Crippen LogP) is 3.71. The zero-order valence-electron chi connectivity index (χ0n) is 14.8. The average Bonchev–Trinajstić information content (AvgIpc) is 2.07. The first-order chi connectivity index (χ1) is 9.08. The topological polar surface area (TPSA) is 54.0 Å². The first-order valence-corrected chi connectivity index (χ1v) is 18.9. The van der Waals surface area contributed by atoms with E-state index in [1.54, 1.807) is 6.55 Å². The molecule has 0 radical (unpaired) electrons. The lowest BCUT2D eigenvalue weighted by atomic mass is 10.7. The zero-order valence-corrected chi connectivity index (χ0v) is 18.8. The smallest absolute Gasteiger partial charge is 0.471 e. The molecule has 0 N–H and O–H groups in total. The molecule has 0 heterocycles. The standard InChI is InChI=1S/C12H30O5Si4/c1-11-12(13)14-21(10,16-19(5,6)7)17-20(8,9)15-18(2,3)4/h11H,1H2,2-10H3. The van der Waals surface area contributed by atoms with Gasteiger partial charge in [-0.3, -0.25) is 0 Å². The van der Waals surface area contributed by atoms with E-state index >= 15 is 0 Å². The van der Waals surface area contributed by atoms with Gasteiger partial charge in [0.15, 0.2) is 16.6 Å². The molecule has 1 unspecified atom stereocenters. The first-order valence-electron chi connectivity index (χ1n) is 7.03. The number of rotatable bonds is 8. The number of hydrogen-bond acceptors (Lipinski definition) is 5. The Morgan fingerprint density at radius 2 is 1.24 bits per heavy atom. The second-order valence-electron chi connectivity index (χ2n) is 7.42. The molecular formula is C12H30O5Si4. The monoisotopic (exact) mass is 366 g/mol. The van der Waals surface area contributed by atoms with Crippen LogP contribution in [0.5, 0.6) is 0 Å². The lowest BCUT2D eigenvalue weighted by Crippen LogP contribution is -2.59. The third-order valence-corrected chi connectivity index (χ3v) is 14.3. The van der Waals surface area contributed by atoms with Crippen molar-refractivity contribution < 1.29 is 21.6 Å². The van der Waals surface area contributed by atoms with Gasteiger partial charge in [0.25, 0.3) is 0 Å². The highest BCUT2D eigenvalue weighted by molar-refractivity contribution is 6.88. The second-order valence-corrected chi connectivity index (χ2v) is 23.0. The molecule has 9 heteroatoms. The summed E-state index contributed by atoms with van der Waals surface area (Å²) in [6, 6.07) is 0. The Bertz CT molecular complexity index is 386. The van der Waals surface area contributed by atoms with E-state index in [2.05, 4.69) is 26.2 Å². The van der Waals surface area contributed by atoms with Crippen LogP contribution in [0.1, 0.15) is 0 Å². The van der Waals surface area contributed by atoms with Crippen LogP contribution in [0.4, 0.5) is 0 Å². The summed E-state index contributed by atoms with van der Waals surface area (Å²) in [7, 11) is -9.22. The molecule has 0 saturated heterocycles. The minimum Gasteiger partial charge on any atom is -0.471 e. The highest BCUT2D eigenvalue weighted by Gasteiger charge is 2.49. The van der Waals surface area contributed by atoms with Crippen molar-refractivity contribution in [1.29, 1.82) is 0 Å². The Hall–Kier alpha value is -0.0425. The van der Waals surface area contributed by atoms with Crippen molar-refractivity contribution in [2.75, 3.05) is 0 Å². The van der Waals surface area contributed by atoms with E-state index in [-0.39, 0.29) is 0 Å². The fourth-order valence-electron chi connectivity index (χ4n) is 2.05. The summed E-state index contributed by atoms with van der Waals surface area (Å²) in [6.45, 7) is 21.6. The van der Waals surface area contributed by atoms with Crippen molar-refractivity contribution in [3.63, 3.8) is 0 Å². The minimum absolute atomic E-state index is 0.514. The maximum atomic E-state index is 11.6. The van der Waals surface area contributed by atoms with Crippen LogP contribution < -0.4 is 0 Å². The molecule has 21 heavy (non-hydrogen) atoms. The van der Waals surface area contributed by atoms with Crippen LogP contribution in [0, 0.1) is 0 Å². The molecule has 0 aliphatic rings. The summed E-state index contributed by atoms with van der Waals surface area (Å²) in [5, 5.41) is 0. The average molecular weight is 367 g/mol. The van der Waals surface area contributed by atoms with Crippen molar-refractivity contribution in [2.24, 2.45) is 0 Å². The van der Waals surface area contributed by atoms with Crippen LogP contribution in [0.2, 0.25) is 58.9 Å². The van der Waals surface area contributed by atoms with Crippen molar-refractivity contribution in [3.05, 3.63) is 12.7 Å². The SMILES string of the molecule is C=CC(=O)O[Si](C)(O[Si](C)(C)C)O[Si](C)(C)O[Si](C)(C)C. The molecule has 0 aromatic rings. The highest BCUT2D eigenvalue weighted by Crippen LogP contribution is 2.24. The van der Waals surface area contributed by atoms with Gasteiger partial charge in [0, 0.05) is 12.6 Å². The normalized spacial score (nSPS) is 16.2. The van der Waals surface area contributed by atoms with Gasteiger partial charge in [0.2, 0.25) is 0 Å². The van der Waals surface area contributed by atoms with Gasteiger partial charge >= 0.3 is 23.3 Å². The molecule has 1 atom stereocenters. The Morgan fingerprint density at radius 1 is 0.810 bits per heavy atom. The maximum absolute atomic E-state index is 11.6. The largest absolute Gasteiger partial charge is 0.545 e. The lowest BCUT2D eigenvalue weighted by molar-refractivity contribution is -0.132. The molecule has 0 bridgehead atoms. The van der Waals surface area contributed by atoms with Gasteiger partial charge in [-0.15, -0.1) is 0 Å². The van der Waals surface area contributed by atoms with Crippen molar-refractivity contribution in [3.8, 4) is 0 Å². The van der Waals surface area contributed by atoms with Crippen LogP contribution >= 0.6 is 0 Å². The van der Waals surface area contributed by atoms with Gasteiger partial charge < -0.3 is 16.8 Å². The van der Waals surface area contributed by atoms with Crippen LogP contribution in [-0.2, 0) is 21.6 Å². The summed E-state index contributed by atoms with van der Waals surface area (Å²) in [5.41, 5.74) is 0. The van der Waals surface area contributed by atoms with E-state index in [4.69, 9.17) is 16.8 Å². The first kappa shape index (κ1) is 21.0. The van der Waals surface area contributed by atoms with Gasteiger partial charge in [0.1, 0.15) is 0 Å². The van der Waals surface area contributed by atoms with Gasteiger partial charge in [-0.1, -0.05) is 6.58 Å². The number of carbonyl (C=O) groups is 1. The van der Waals surface area contributed by atoms with Crippen molar-refractivity contribution in [1.82, 2.24) is 0 Å². The molecule has 5 nitrogen and oxygen atoms in total. The Labute approximate surface area is 133 Å². The van der Waals surface area contributed by atoms with E-state index < -0.39 is 40.0 Å². The number of hydrogen-bond donors (Lipinski definition) is 0. The van der Waals surface area contributed by atoms with Crippen molar-refractivity contribution >= 4 is 40.0 Å². The minimum atomic E-state index is -3.10. The molecule has 0 amide bonds. The van der Waals surface area contributed by atoms with Crippen LogP contribution in [0.15, 0.2) is 12.7 Å². The summed E-state index contributed by atoms with van der Waals surface area (Å²) in [5.74, 6) is -0.514. The van der Waals surface area contributed by atoms with E-state index in [0.717, 1.165) is 6.08 Å². The van der Waals surface area contributed by atoms with Crippen LogP contribution in [0.3, 0.4) is 0 Å². The number of carbonyl (C=O) groups excluding carboxylic acids is 1. The van der Waals surface area contributed by atoms with E-state index in [1.807, 2.05) is 32.7 Å². The lowest BCUT2D eigenvalue weighted by Gasteiger charge is -2.39. The van der Waals surface area contributed by atoms with Crippen LogP contribution in [0.25, 0.3) is 0 Å². The summed E-state index contributed by atoms with van der Waals surface area (Å²) < 4.78 is 23.9. The maximum Gasteiger partial charge on any atom is 0.545 e. The molecule has 0 aliphatic carbocycles. The molecule has 124 valence electrons. The Balaban J connectivity index is 5.22. The molecule has 0 spiro atoms. The molecule has 0 aromatic carbocycles. The molecule has 0 aliphatic heterocycles. The Morgan fingerprint density at radius 3 is 1.57 bits per heavy atom. The second kappa shape index (κ2) is 7.02. The van der Waals surface area contributed by atoms with Gasteiger partial charge in [-0.25, -0.2) is 4.79 Å². The van der Waals surface area contributed by atoms with Crippen molar-refractivity contribution in [2.45, 2.75) is 58.9 Å². The van der Waals surface area contributed by atoms with Gasteiger partial charge in [0.05, 0.1) is 0 Å². The summed E-state index contributed by atoms with van der Waals surface area (Å²) in [4.78, 5) is 11.6. The Kier molecular flexibility index (Phi) is 7.01. The third kappa shape index (κ3) is 10.3. The molecule has 0 fully saturated rings. The van der Waals surface area contributed by atoms with E-state index in [1.165, 1.54) is 0 Å². The quantitative estimate of drug-likeness (QED) is 0.484. The predicted molar refractivity (Wildman–Crippen MR) is 95.3 cm³/mol. The third-order valence-electron chi connectivity index (χ3n) is 1.93. The molecule has 0 saturated carbocycles. The summed E-state index contributed by atoms with van der Waals surface area (Å²) in [6.07, 6.45) is 1.14. The molecule has 0 aromatic heterocycles. The highest BCUT2D eigenvalue weighted by atomic mass is 28.5. The summed E-state index contributed by atoms with van der Waals surface area (Å²) >= 11 is 0. The van der Waals surface area contributed by atoms with Gasteiger partial charge in [-0.05, 0) is 52.4 Å². The molecular weight excluding hydrogens is 336 g/mol. The fourth-order valence-corrected chi connectivity index (χ4v) is 17.8. The van der Waals surface area contributed by atoms with E-state index in [9.17, 15) is 4.79 Å².